The fraction of sp³-hybridized carbons (Fsp3) is 0.333. The molecule has 0 fully saturated rings. The van der Waals surface area contributed by atoms with Gasteiger partial charge in [-0.15, -0.1) is 0 Å². The minimum absolute atomic E-state index is 0.110. The largest absolute Gasteiger partial charge is 0.393 e. The predicted octanol–water partition coefficient (Wildman–Crippen LogP) is 1.33. The number of benzene rings is 1. The lowest BCUT2D eigenvalue weighted by Crippen LogP contribution is -2.29. The molecule has 0 unspecified atom stereocenters. The molecule has 0 saturated heterocycles. The van der Waals surface area contributed by atoms with Crippen LogP contribution in [0.5, 0.6) is 0 Å². The molecule has 1 aromatic carbocycles. The first-order chi connectivity index (χ1) is 7.59. The molecule has 0 bridgehead atoms. The third kappa shape index (κ3) is 4.40. The summed E-state index contributed by atoms with van der Waals surface area (Å²) in [5.41, 5.74) is 7.76. The van der Waals surface area contributed by atoms with E-state index in [1.54, 1.807) is 0 Å². The summed E-state index contributed by atoms with van der Waals surface area (Å²) in [6, 6.07) is 8.13. The Kier molecular flexibility index (Phi) is 4.92. The van der Waals surface area contributed by atoms with Crippen LogP contribution in [0.3, 0.4) is 0 Å². The van der Waals surface area contributed by atoms with Crippen molar-refractivity contribution < 1.29 is 4.79 Å². The van der Waals surface area contributed by atoms with Crippen LogP contribution < -0.4 is 11.1 Å². The quantitative estimate of drug-likeness (QED) is 0.758. The van der Waals surface area contributed by atoms with E-state index in [0.717, 1.165) is 6.42 Å². The van der Waals surface area contributed by atoms with Gasteiger partial charge in [0.05, 0.1) is 11.4 Å². The molecule has 4 heteroatoms. The van der Waals surface area contributed by atoms with E-state index < -0.39 is 0 Å². The molecule has 0 heterocycles. The van der Waals surface area contributed by atoms with Crippen molar-refractivity contribution in [1.29, 1.82) is 0 Å². The average molecular weight is 236 g/mol. The number of thiocarbonyl (C=S) groups is 1. The molecule has 1 amide bonds. The Labute approximate surface area is 101 Å². The van der Waals surface area contributed by atoms with E-state index in [4.69, 9.17) is 5.73 Å². The fourth-order valence-electron chi connectivity index (χ4n) is 1.45. The molecule has 0 radical (unpaired) electrons. The van der Waals surface area contributed by atoms with Gasteiger partial charge in [0.15, 0.2) is 0 Å². The molecule has 3 nitrogen and oxygen atoms in total. The standard InChI is InChI=1S/C12H16N2OS/c1-9-4-2-3-5-10(9)6-7-14-12(15)8-11(13)16/h2-5H,6-8H2,1H3,(H2,13,16)(H,14,15). The molecule has 0 aliphatic carbocycles. The number of amides is 1. The second-order valence-electron chi connectivity index (χ2n) is 3.67. The second-order valence-corrected chi connectivity index (χ2v) is 4.19. The van der Waals surface area contributed by atoms with Gasteiger partial charge in [-0.2, -0.15) is 0 Å². The maximum Gasteiger partial charge on any atom is 0.226 e. The number of nitrogens with two attached hydrogens (primary N) is 1. The van der Waals surface area contributed by atoms with E-state index in [1.807, 2.05) is 12.1 Å². The Balaban J connectivity index is 2.33. The maximum atomic E-state index is 11.2. The van der Waals surface area contributed by atoms with E-state index in [-0.39, 0.29) is 17.3 Å². The maximum absolute atomic E-state index is 11.2. The first-order valence-electron chi connectivity index (χ1n) is 5.19. The van der Waals surface area contributed by atoms with Gasteiger partial charge < -0.3 is 11.1 Å². The minimum atomic E-state index is -0.110. The smallest absolute Gasteiger partial charge is 0.226 e. The number of nitrogens with one attached hydrogen (secondary N) is 1. The normalized spacial score (nSPS) is 9.81. The Hall–Kier alpha value is -1.42. The van der Waals surface area contributed by atoms with Crippen molar-refractivity contribution in [3.8, 4) is 0 Å². The third-order valence-electron chi connectivity index (χ3n) is 2.31. The predicted molar refractivity (Wildman–Crippen MR) is 69.3 cm³/mol. The number of rotatable bonds is 5. The van der Waals surface area contributed by atoms with Crippen molar-refractivity contribution >= 4 is 23.1 Å². The van der Waals surface area contributed by atoms with Gasteiger partial charge >= 0.3 is 0 Å². The number of hydrogen-bond donors (Lipinski definition) is 2. The van der Waals surface area contributed by atoms with E-state index in [0.29, 0.717) is 6.54 Å². The summed E-state index contributed by atoms with van der Waals surface area (Å²) >= 11 is 4.65. The first-order valence-corrected chi connectivity index (χ1v) is 5.60. The Morgan fingerprint density at radius 3 is 2.75 bits per heavy atom. The molecule has 0 saturated carbocycles. The molecule has 0 spiro atoms. The van der Waals surface area contributed by atoms with Crippen molar-refractivity contribution in [3.05, 3.63) is 35.4 Å². The summed E-state index contributed by atoms with van der Waals surface area (Å²) in [7, 11) is 0. The van der Waals surface area contributed by atoms with Crippen molar-refractivity contribution in [2.75, 3.05) is 6.54 Å². The molecule has 0 aliphatic heterocycles. The molecule has 0 aromatic heterocycles. The van der Waals surface area contributed by atoms with Crippen LogP contribution in [0.4, 0.5) is 0 Å². The van der Waals surface area contributed by atoms with Crippen LogP contribution in [-0.2, 0) is 11.2 Å². The van der Waals surface area contributed by atoms with Crippen LogP contribution in [0.15, 0.2) is 24.3 Å². The number of aryl methyl sites for hydroxylation is 1. The highest BCUT2D eigenvalue weighted by Crippen LogP contribution is 2.06. The summed E-state index contributed by atoms with van der Waals surface area (Å²) < 4.78 is 0. The van der Waals surface area contributed by atoms with Crippen LogP contribution in [0.2, 0.25) is 0 Å². The van der Waals surface area contributed by atoms with E-state index in [2.05, 4.69) is 36.6 Å². The van der Waals surface area contributed by atoms with Gasteiger partial charge in [-0.25, -0.2) is 0 Å². The van der Waals surface area contributed by atoms with Crippen LogP contribution in [0, 0.1) is 6.92 Å². The Bertz CT molecular complexity index is 390. The van der Waals surface area contributed by atoms with Gasteiger partial charge in [0.1, 0.15) is 0 Å². The summed E-state index contributed by atoms with van der Waals surface area (Å²) in [6.07, 6.45) is 0.957. The summed E-state index contributed by atoms with van der Waals surface area (Å²) in [5.74, 6) is -0.110. The topological polar surface area (TPSA) is 55.1 Å². The van der Waals surface area contributed by atoms with Crippen molar-refractivity contribution in [3.63, 3.8) is 0 Å². The van der Waals surface area contributed by atoms with Gasteiger partial charge in [0, 0.05) is 6.54 Å². The lowest BCUT2D eigenvalue weighted by atomic mass is 10.1. The third-order valence-corrected chi connectivity index (χ3v) is 2.46. The van der Waals surface area contributed by atoms with Crippen molar-refractivity contribution in [1.82, 2.24) is 5.32 Å². The molecule has 1 aromatic rings. The highest BCUT2D eigenvalue weighted by molar-refractivity contribution is 7.80. The SMILES string of the molecule is Cc1ccccc1CCNC(=O)CC(N)=S. The van der Waals surface area contributed by atoms with Crippen LogP contribution >= 0.6 is 12.2 Å². The molecule has 0 aliphatic rings. The van der Waals surface area contributed by atoms with E-state index in [1.165, 1.54) is 11.1 Å². The van der Waals surface area contributed by atoms with Crippen LogP contribution in [0.1, 0.15) is 17.5 Å². The van der Waals surface area contributed by atoms with Crippen molar-refractivity contribution in [2.45, 2.75) is 19.8 Å². The molecule has 1 rings (SSSR count). The zero-order chi connectivity index (χ0) is 12.0. The summed E-state index contributed by atoms with van der Waals surface area (Å²) in [4.78, 5) is 11.5. The summed E-state index contributed by atoms with van der Waals surface area (Å²) in [6.45, 7) is 2.68. The average Bonchev–Trinajstić information content (AvgIpc) is 2.19. The lowest BCUT2D eigenvalue weighted by Gasteiger charge is -2.06. The Morgan fingerprint density at radius 2 is 2.12 bits per heavy atom. The van der Waals surface area contributed by atoms with Crippen molar-refractivity contribution in [2.24, 2.45) is 5.73 Å². The summed E-state index contributed by atoms with van der Waals surface area (Å²) in [5, 5.41) is 2.78. The molecule has 16 heavy (non-hydrogen) atoms. The van der Waals surface area contributed by atoms with Gasteiger partial charge in [-0.1, -0.05) is 36.5 Å². The number of carbonyl (C=O) groups is 1. The lowest BCUT2D eigenvalue weighted by molar-refractivity contribution is -0.119. The molecule has 0 atom stereocenters. The van der Waals surface area contributed by atoms with Gasteiger partial charge in [0.25, 0.3) is 0 Å². The molecule has 3 N–H and O–H groups in total. The Morgan fingerprint density at radius 1 is 1.44 bits per heavy atom. The molecule has 86 valence electrons. The van der Waals surface area contributed by atoms with Crippen LogP contribution in [0.25, 0.3) is 0 Å². The van der Waals surface area contributed by atoms with E-state index >= 15 is 0 Å². The monoisotopic (exact) mass is 236 g/mol. The highest BCUT2D eigenvalue weighted by Gasteiger charge is 2.02. The van der Waals surface area contributed by atoms with Gasteiger partial charge in [0.2, 0.25) is 5.91 Å². The first kappa shape index (κ1) is 12.6. The van der Waals surface area contributed by atoms with Gasteiger partial charge in [-0.05, 0) is 24.5 Å². The number of hydrogen-bond acceptors (Lipinski definition) is 2. The fourth-order valence-corrected chi connectivity index (χ4v) is 1.58. The minimum Gasteiger partial charge on any atom is -0.393 e. The highest BCUT2D eigenvalue weighted by atomic mass is 32.1. The number of carbonyl (C=O) groups excluding carboxylic acids is 1. The van der Waals surface area contributed by atoms with E-state index in [9.17, 15) is 4.79 Å². The van der Waals surface area contributed by atoms with Crippen LogP contribution in [-0.4, -0.2) is 17.4 Å². The molecular formula is C12H16N2OS. The van der Waals surface area contributed by atoms with Gasteiger partial charge in [-0.3, -0.25) is 4.79 Å². The zero-order valence-electron chi connectivity index (χ0n) is 9.32. The second kappa shape index (κ2) is 6.23. The zero-order valence-corrected chi connectivity index (χ0v) is 10.1. The molecular weight excluding hydrogens is 220 g/mol.